The van der Waals surface area contributed by atoms with Crippen LogP contribution in [0.2, 0.25) is 0 Å². The van der Waals surface area contributed by atoms with Gasteiger partial charge in [-0.1, -0.05) is 18.2 Å². The number of hydrogen-bond acceptors (Lipinski definition) is 5. The van der Waals surface area contributed by atoms with Gasteiger partial charge in [-0.2, -0.15) is 0 Å². The third-order valence-corrected chi connectivity index (χ3v) is 5.94. The van der Waals surface area contributed by atoms with E-state index in [4.69, 9.17) is 4.74 Å². The van der Waals surface area contributed by atoms with Crippen molar-refractivity contribution in [3.8, 4) is 11.5 Å². The molecule has 0 saturated carbocycles. The van der Waals surface area contributed by atoms with Gasteiger partial charge < -0.3 is 10.1 Å². The molecule has 1 aliphatic rings. The molecule has 1 aliphatic heterocycles. The first-order chi connectivity index (χ1) is 12.7. The summed E-state index contributed by atoms with van der Waals surface area (Å²) in [5.41, 5.74) is -1.37. The molecular weight excluding hydrogens is 370 g/mol. The van der Waals surface area contributed by atoms with Gasteiger partial charge in [0.25, 0.3) is 5.91 Å². The Labute approximate surface area is 157 Å². The van der Waals surface area contributed by atoms with Crippen LogP contribution < -0.4 is 20.1 Å². The number of rotatable bonds is 6. The van der Waals surface area contributed by atoms with Crippen LogP contribution in [0.4, 0.5) is 4.79 Å². The topological polar surface area (TPSA) is 114 Å². The third-order valence-electron chi connectivity index (χ3n) is 4.38. The second-order valence-electron chi connectivity index (χ2n) is 6.34. The summed E-state index contributed by atoms with van der Waals surface area (Å²) in [7, 11) is -3.90. The highest BCUT2D eigenvalue weighted by Crippen LogP contribution is 2.23. The SMILES string of the molecule is C[C@@H](NS(=O)(=O)c1ccc(Oc2ccccc2)cc1)C1(C)NC(=O)NC1=O. The van der Waals surface area contributed by atoms with Crippen molar-refractivity contribution < 1.29 is 22.7 Å². The summed E-state index contributed by atoms with van der Waals surface area (Å²) < 4.78 is 33.3. The van der Waals surface area contributed by atoms with E-state index in [9.17, 15) is 18.0 Å². The Morgan fingerprint density at radius 1 is 1.00 bits per heavy atom. The summed E-state index contributed by atoms with van der Waals surface area (Å²) >= 11 is 0. The molecule has 2 atom stereocenters. The van der Waals surface area contributed by atoms with Gasteiger partial charge in [-0.3, -0.25) is 10.1 Å². The Hall–Kier alpha value is -2.91. The van der Waals surface area contributed by atoms with E-state index in [0.717, 1.165) is 0 Å². The molecule has 1 fully saturated rings. The van der Waals surface area contributed by atoms with Crippen molar-refractivity contribution in [2.45, 2.75) is 30.3 Å². The lowest BCUT2D eigenvalue weighted by atomic mass is 9.95. The molecule has 0 bridgehead atoms. The Bertz CT molecular complexity index is 960. The molecule has 8 nitrogen and oxygen atoms in total. The highest BCUT2D eigenvalue weighted by atomic mass is 32.2. The fourth-order valence-electron chi connectivity index (χ4n) is 2.59. The molecule has 3 rings (SSSR count). The Balaban J connectivity index is 1.73. The number of ether oxygens (including phenoxy) is 1. The van der Waals surface area contributed by atoms with E-state index in [-0.39, 0.29) is 4.90 Å². The molecule has 0 aromatic heterocycles. The molecule has 9 heteroatoms. The minimum Gasteiger partial charge on any atom is -0.457 e. The number of urea groups is 1. The Kier molecular flexibility index (Phi) is 4.90. The molecule has 0 radical (unpaired) electrons. The number of carbonyl (C=O) groups excluding carboxylic acids is 2. The first-order valence-electron chi connectivity index (χ1n) is 8.19. The van der Waals surface area contributed by atoms with Crippen LogP contribution in [-0.4, -0.2) is 31.9 Å². The smallest absolute Gasteiger partial charge is 0.322 e. The predicted molar refractivity (Wildman–Crippen MR) is 97.8 cm³/mol. The highest BCUT2D eigenvalue weighted by molar-refractivity contribution is 7.89. The van der Waals surface area contributed by atoms with Crippen LogP contribution in [0.5, 0.6) is 11.5 Å². The number of benzene rings is 2. The van der Waals surface area contributed by atoms with Crippen LogP contribution in [0.3, 0.4) is 0 Å². The molecule has 2 aromatic rings. The largest absolute Gasteiger partial charge is 0.457 e. The standard InChI is InChI=1S/C18H19N3O5S/c1-12(18(2)16(22)19-17(23)20-18)21-27(24,25)15-10-8-14(9-11-15)26-13-6-4-3-5-7-13/h3-12,21H,1-2H3,(H2,19,20,22,23)/t12-,18?/m1/s1. The van der Waals surface area contributed by atoms with E-state index in [1.807, 2.05) is 18.2 Å². The van der Waals surface area contributed by atoms with Gasteiger partial charge in [-0.25, -0.2) is 17.9 Å². The van der Waals surface area contributed by atoms with E-state index >= 15 is 0 Å². The lowest BCUT2D eigenvalue weighted by molar-refractivity contribution is -0.124. The third kappa shape index (κ3) is 3.93. The maximum Gasteiger partial charge on any atom is 0.322 e. The first kappa shape index (κ1) is 18.9. The van der Waals surface area contributed by atoms with Gasteiger partial charge in [0.1, 0.15) is 17.0 Å². The molecule has 1 unspecified atom stereocenters. The number of para-hydroxylation sites is 1. The van der Waals surface area contributed by atoms with Crippen molar-refractivity contribution in [2.24, 2.45) is 0 Å². The molecule has 1 heterocycles. The van der Waals surface area contributed by atoms with Gasteiger partial charge in [0.05, 0.1) is 10.9 Å². The number of hydrogen-bond donors (Lipinski definition) is 3. The second-order valence-corrected chi connectivity index (χ2v) is 8.05. The van der Waals surface area contributed by atoms with Crippen LogP contribution in [0.15, 0.2) is 59.5 Å². The highest BCUT2D eigenvalue weighted by Gasteiger charge is 2.47. The zero-order valence-electron chi connectivity index (χ0n) is 14.7. The fraction of sp³-hybridized carbons (Fsp3) is 0.222. The molecule has 3 N–H and O–H groups in total. The normalized spacial score (nSPS) is 20.7. The average molecular weight is 389 g/mol. The minimum atomic E-state index is -3.90. The van der Waals surface area contributed by atoms with Crippen molar-refractivity contribution >= 4 is 22.0 Å². The summed E-state index contributed by atoms with van der Waals surface area (Å²) in [5.74, 6) is 0.535. The fourth-order valence-corrected chi connectivity index (χ4v) is 3.92. The maximum absolute atomic E-state index is 12.6. The van der Waals surface area contributed by atoms with Crippen LogP contribution in [-0.2, 0) is 14.8 Å². The van der Waals surface area contributed by atoms with E-state index in [2.05, 4.69) is 15.4 Å². The zero-order valence-corrected chi connectivity index (χ0v) is 15.5. The quantitative estimate of drug-likeness (QED) is 0.651. The van der Waals surface area contributed by atoms with Crippen molar-refractivity contribution in [1.82, 2.24) is 15.4 Å². The summed E-state index contributed by atoms with van der Waals surface area (Å²) in [6.45, 7) is 2.97. The number of nitrogens with one attached hydrogen (secondary N) is 3. The molecule has 27 heavy (non-hydrogen) atoms. The number of imide groups is 1. The van der Waals surface area contributed by atoms with Gasteiger partial charge in [0.15, 0.2) is 0 Å². The van der Waals surface area contributed by atoms with E-state index in [1.54, 1.807) is 12.1 Å². The first-order valence-corrected chi connectivity index (χ1v) is 9.68. The zero-order chi connectivity index (χ0) is 19.7. The minimum absolute atomic E-state index is 0.0168. The van der Waals surface area contributed by atoms with Crippen LogP contribution in [0.1, 0.15) is 13.8 Å². The molecule has 1 saturated heterocycles. The number of sulfonamides is 1. The van der Waals surface area contributed by atoms with Crippen molar-refractivity contribution in [3.63, 3.8) is 0 Å². The Morgan fingerprint density at radius 3 is 2.15 bits per heavy atom. The van der Waals surface area contributed by atoms with Crippen LogP contribution in [0.25, 0.3) is 0 Å². The van der Waals surface area contributed by atoms with E-state index in [0.29, 0.717) is 11.5 Å². The summed E-state index contributed by atoms with van der Waals surface area (Å²) in [4.78, 5) is 23.3. The predicted octanol–water partition coefficient (Wildman–Crippen LogP) is 1.74. The maximum atomic E-state index is 12.6. The lowest BCUT2D eigenvalue weighted by Crippen LogP contribution is -2.59. The average Bonchev–Trinajstić information content (AvgIpc) is 2.89. The number of amides is 3. The number of carbonyl (C=O) groups is 2. The van der Waals surface area contributed by atoms with Gasteiger partial charge >= 0.3 is 6.03 Å². The van der Waals surface area contributed by atoms with Gasteiger partial charge in [-0.05, 0) is 50.2 Å². The lowest BCUT2D eigenvalue weighted by Gasteiger charge is -2.28. The van der Waals surface area contributed by atoms with Crippen LogP contribution >= 0.6 is 0 Å². The summed E-state index contributed by atoms with van der Waals surface area (Å²) in [5, 5.41) is 4.55. The summed E-state index contributed by atoms with van der Waals surface area (Å²) in [6.07, 6.45) is 0. The second kappa shape index (κ2) is 7.01. The monoisotopic (exact) mass is 389 g/mol. The Morgan fingerprint density at radius 2 is 1.59 bits per heavy atom. The van der Waals surface area contributed by atoms with E-state index in [1.165, 1.54) is 38.1 Å². The van der Waals surface area contributed by atoms with Gasteiger partial charge in [-0.15, -0.1) is 0 Å². The molecule has 0 spiro atoms. The summed E-state index contributed by atoms with van der Waals surface area (Å²) in [6, 6.07) is 13.5. The van der Waals surface area contributed by atoms with Crippen molar-refractivity contribution in [1.29, 1.82) is 0 Å². The molecule has 142 valence electrons. The molecule has 2 aromatic carbocycles. The molecule has 3 amide bonds. The van der Waals surface area contributed by atoms with E-state index < -0.39 is 33.5 Å². The molecule has 0 aliphatic carbocycles. The molecular formula is C18H19N3O5S. The van der Waals surface area contributed by atoms with Gasteiger partial charge in [0, 0.05) is 0 Å². The van der Waals surface area contributed by atoms with Crippen molar-refractivity contribution in [2.75, 3.05) is 0 Å². The van der Waals surface area contributed by atoms with Crippen molar-refractivity contribution in [3.05, 3.63) is 54.6 Å². The van der Waals surface area contributed by atoms with Gasteiger partial charge in [0.2, 0.25) is 10.0 Å². The van der Waals surface area contributed by atoms with Crippen LogP contribution in [0, 0.1) is 0 Å².